The summed E-state index contributed by atoms with van der Waals surface area (Å²) < 4.78 is 7.07. The van der Waals surface area contributed by atoms with Crippen LogP contribution >= 0.6 is 0 Å². The zero-order chi connectivity index (χ0) is 18.5. The van der Waals surface area contributed by atoms with Crippen LogP contribution in [0, 0.1) is 6.92 Å². The molecule has 1 fully saturated rings. The molecule has 0 radical (unpaired) electrons. The Bertz CT molecular complexity index is 721. The van der Waals surface area contributed by atoms with E-state index < -0.39 is 0 Å². The number of hydrogen-bond acceptors (Lipinski definition) is 4. The minimum atomic E-state index is -0.195. The molecule has 2 aromatic rings. The van der Waals surface area contributed by atoms with Crippen molar-refractivity contribution in [3.8, 4) is 5.69 Å². The normalized spacial score (nSPS) is 16.5. The quantitative estimate of drug-likeness (QED) is 0.891. The molecule has 26 heavy (non-hydrogen) atoms. The number of ether oxygens (including phenoxy) is 1. The van der Waals surface area contributed by atoms with Gasteiger partial charge in [0.2, 0.25) is 0 Å². The number of nitrogens with one attached hydrogen (secondary N) is 1. The van der Waals surface area contributed by atoms with E-state index >= 15 is 0 Å². The van der Waals surface area contributed by atoms with Crippen LogP contribution in [0.25, 0.3) is 5.69 Å². The maximum atomic E-state index is 11.8. The van der Waals surface area contributed by atoms with Crippen molar-refractivity contribution in [2.75, 3.05) is 19.7 Å². The molecule has 3 rings (SSSR count). The first-order valence-corrected chi connectivity index (χ1v) is 9.37. The summed E-state index contributed by atoms with van der Waals surface area (Å²) in [5, 5.41) is 8.26. The number of amides is 1. The standard InChI is InChI=1S/C20H28N4O2/c1-4-26-20(25)23-12-10-17(11-13-23)22-15(2)19-14-21-24(16(19)3)18-8-6-5-7-9-18/h5-9,14-15,17,22H,4,10-13H2,1-3H3. The number of likely N-dealkylation sites (tertiary alicyclic amines) is 1. The Hall–Kier alpha value is -2.34. The number of carbonyl (C=O) groups is 1. The van der Waals surface area contributed by atoms with Crippen molar-refractivity contribution >= 4 is 6.09 Å². The number of para-hydroxylation sites is 1. The highest BCUT2D eigenvalue weighted by Gasteiger charge is 2.25. The van der Waals surface area contributed by atoms with E-state index in [9.17, 15) is 4.79 Å². The van der Waals surface area contributed by atoms with Gasteiger partial charge in [-0.15, -0.1) is 0 Å². The molecule has 0 bridgehead atoms. The predicted octanol–water partition coefficient (Wildman–Crippen LogP) is 3.45. The zero-order valence-electron chi connectivity index (χ0n) is 15.8. The van der Waals surface area contributed by atoms with Crippen molar-refractivity contribution in [3.05, 3.63) is 47.8 Å². The van der Waals surface area contributed by atoms with Crippen molar-refractivity contribution < 1.29 is 9.53 Å². The highest BCUT2D eigenvalue weighted by atomic mass is 16.6. The summed E-state index contributed by atoms with van der Waals surface area (Å²) in [4.78, 5) is 13.6. The van der Waals surface area contributed by atoms with Gasteiger partial charge < -0.3 is 15.0 Å². The molecule has 1 atom stereocenters. The van der Waals surface area contributed by atoms with Crippen molar-refractivity contribution in [2.45, 2.75) is 45.7 Å². The van der Waals surface area contributed by atoms with Gasteiger partial charge in [-0.2, -0.15) is 5.10 Å². The van der Waals surface area contributed by atoms with E-state index in [1.165, 1.54) is 5.56 Å². The van der Waals surface area contributed by atoms with Crippen LogP contribution in [0.5, 0.6) is 0 Å². The van der Waals surface area contributed by atoms with E-state index in [0.717, 1.165) is 37.3 Å². The molecule has 6 nitrogen and oxygen atoms in total. The molecule has 2 heterocycles. The smallest absolute Gasteiger partial charge is 0.409 e. The molecule has 6 heteroatoms. The molecule has 140 valence electrons. The van der Waals surface area contributed by atoms with Gasteiger partial charge in [0, 0.05) is 36.4 Å². The Balaban J connectivity index is 1.59. The summed E-state index contributed by atoms with van der Waals surface area (Å²) in [7, 11) is 0. The van der Waals surface area contributed by atoms with E-state index in [2.05, 4.69) is 36.4 Å². The SMILES string of the molecule is CCOC(=O)N1CCC(NC(C)c2cnn(-c3ccccc3)c2C)CC1. The number of benzene rings is 1. The Morgan fingerprint density at radius 1 is 1.31 bits per heavy atom. The molecule has 0 spiro atoms. The fourth-order valence-corrected chi connectivity index (χ4v) is 3.56. The molecule has 0 saturated carbocycles. The van der Waals surface area contributed by atoms with Gasteiger partial charge in [-0.05, 0) is 45.7 Å². The maximum absolute atomic E-state index is 11.8. The zero-order valence-corrected chi connectivity index (χ0v) is 15.8. The van der Waals surface area contributed by atoms with Crippen molar-refractivity contribution in [1.29, 1.82) is 0 Å². The first kappa shape index (κ1) is 18.5. The van der Waals surface area contributed by atoms with Crippen molar-refractivity contribution in [1.82, 2.24) is 20.0 Å². The number of piperidine rings is 1. The topological polar surface area (TPSA) is 59.4 Å². The molecule has 1 unspecified atom stereocenters. The van der Waals surface area contributed by atoms with Gasteiger partial charge in [0.15, 0.2) is 0 Å². The first-order chi connectivity index (χ1) is 12.6. The lowest BCUT2D eigenvalue weighted by Crippen LogP contribution is -2.45. The predicted molar refractivity (Wildman–Crippen MR) is 101 cm³/mol. The van der Waals surface area contributed by atoms with Crippen molar-refractivity contribution in [2.24, 2.45) is 0 Å². The Labute approximate surface area is 155 Å². The third-order valence-corrected chi connectivity index (χ3v) is 5.02. The number of nitrogens with zero attached hydrogens (tertiary/aromatic N) is 3. The van der Waals surface area contributed by atoms with E-state index in [0.29, 0.717) is 12.6 Å². The summed E-state index contributed by atoms with van der Waals surface area (Å²) >= 11 is 0. The summed E-state index contributed by atoms with van der Waals surface area (Å²) in [5.74, 6) is 0. The largest absolute Gasteiger partial charge is 0.450 e. The summed E-state index contributed by atoms with van der Waals surface area (Å²) in [5.41, 5.74) is 3.44. The second kappa shape index (κ2) is 8.36. The van der Waals surface area contributed by atoms with E-state index in [1.54, 1.807) is 4.90 Å². The highest BCUT2D eigenvalue weighted by molar-refractivity contribution is 5.67. The minimum Gasteiger partial charge on any atom is -0.450 e. The summed E-state index contributed by atoms with van der Waals surface area (Å²) in [6, 6.07) is 10.8. The monoisotopic (exact) mass is 356 g/mol. The second-order valence-electron chi connectivity index (χ2n) is 6.78. The molecule has 1 aliphatic heterocycles. The molecule has 1 aromatic carbocycles. The fourth-order valence-electron chi connectivity index (χ4n) is 3.56. The summed E-state index contributed by atoms with van der Waals surface area (Å²) in [6.07, 6.45) is 3.64. The van der Waals surface area contributed by atoms with Crippen LogP contribution in [-0.2, 0) is 4.74 Å². The third kappa shape index (κ3) is 4.07. The molecule has 1 N–H and O–H groups in total. The molecule has 1 aromatic heterocycles. The second-order valence-corrected chi connectivity index (χ2v) is 6.78. The van der Waals surface area contributed by atoms with Crippen LogP contribution < -0.4 is 5.32 Å². The average Bonchev–Trinajstić information content (AvgIpc) is 3.05. The van der Waals surface area contributed by atoms with Gasteiger partial charge in [0.25, 0.3) is 0 Å². The third-order valence-electron chi connectivity index (χ3n) is 5.02. The highest BCUT2D eigenvalue weighted by Crippen LogP contribution is 2.22. The summed E-state index contributed by atoms with van der Waals surface area (Å²) in [6.45, 7) is 8.04. The molecule has 1 aliphatic rings. The van der Waals surface area contributed by atoms with Crippen LogP contribution in [0.15, 0.2) is 36.5 Å². The number of hydrogen-bond donors (Lipinski definition) is 1. The van der Waals surface area contributed by atoms with E-state index in [1.807, 2.05) is 36.0 Å². The van der Waals surface area contributed by atoms with Crippen LogP contribution in [0.3, 0.4) is 0 Å². The minimum absolute atomic E-state index is 0.195. The molecular weight excluding hydrogens is 328 g/mol. The fraction of sp³-hybridized carbons (Fsp3) is 0.500. The lowest BCUT2D eigenvalue weighted by Gasteiger charge is -2.33. The van der Waals surface area contributed by atoms with Gasteiger partial charge >= 0.3 is 6.09 Å². The lowest BCUT2D eigenvalue weighted by molar-refractivity contribution is 0.0943. The number of rotatable bonds is 5. The van der Waals surface area contributed by atoms with Crippen LogP contribution in [0.4, 0.5) is 4.79 Å². The molecule has 0 aliphatic carbocycles. The Morgan fingerprint density at radius 3 is 2.65 bits per heavy atom. The van der Waals surface area contributed by atoms with Crippen LogP contribution in [0.2, 0.25) is 0 Å². The maximum Gasteiger partial charge on any atom is 0.409 e. The molecule has 1 amide bonds. The first-order valence-electron chi connectivity index (χ1n) is 9.37. The van der Waals surface area contributed by atoms with Gasteiger partial charge in [-0.3, -0.25) is 0 Å². The molecule has 1 saturated heterocycles. The van der Waals surface area contributed by atoms with Gasteiger partial charge in [-0.25, -0.2) is 9.48 Å². The van der Waals surface area contributed by atoms with Gasteiger partial charge in [0.1, 0.15) is 0 Å². The number of carbonyl (C=O) groups excluding carboxylic acids is 1. The van der Waals surface area contributed by atoms with Crippen LogP contribution in [-0.4, -0.2) is 46.5 Å². The van der Waals surface area contributed by atoms with Gasteiger partial charge in [-0.1, -0.05) is 18.2 Å². The van der Waals surface area contributed by atoms with Gasteiger partial charge in [0.05, 0.1) is 18.5 Å². The average molecular weight is 356 g/mol. The van der Waals surface area contributed by atoms with Crippen molar-refractivity contribution in [3.63, 3.8) is 0 Å². The Kier molecular flexibility index (Phi) is 5.93. The van der Waals surface area contributed by atoms with Crippen LogP contribution in [0.1, 0.15) is 44.0 Å². The Morgan fingerprint density at radius 2 is 2.00 bits per heavy atom. The molecular formula is C20H28N4O2. The number of aromatic nitrogens is 2. The van der Waals surface area contributed by atoms with E-state index in [4.69, 9.17) is 4.74 Å². The lowest BCUT2D eigenvalue weighted by atomic mass is 10.0. The van der Waals surface area contributed by atoms with E-state index in [-0.39, 0.29) is 12.1 Å².